The first kappa shape index (κ1) is 13.6. The summed E-state index contributed by atoms with van der Waals surface area (Å²) in [6.45, 7) is 2.04. The van der Waals surface area contributed by atoms with Crippen LogP contribution in [0.15, 0.2) is 34.8 Å². The Hall–Kier alpha value is -0.840. The van der Waals surface area contributed by atoms with E-state index in [4.69, 9.17) is 4.74 Å². The summed E-state index contributed by atoms with van der Waals surface area (Å²) in [5, 5.41) is 10.2. The van der Waals surface area contributed by atoms with E-state index >= 15 is 0 Å². The van der Waals surface area contributed by atoms with Gasteiger partial charge < -0.3 is 9.84 Å². The molecular weight excluding hydrogens is 312 g/mol. The number of aliphatic hydroxyl groups excluding tert-OH is 1. The standard InChI is InChI=1S/C14H15BrO2S/c1-9-7-12(15)14(18-9)13(16)8-10-3-5-11(17-2)6-4-10/h3-7,13,16H,8H2,1-2H3. The van der Waals surface area contributed by atoms with Gasteiger partial charge in [-0.1, -0.05) is 12.1 Å². The summed E-state index contributed by atoms with van der Waals surface area (Å²) < 4.78 is 6.10. The molecule has 1 heterocycles. The lowest BCUT2D eigenvalue weighted by atomic mass is 10.1. The fourth-order valence-corrected chi connectivity index (χ4v) is 3.71. The van der Waals surface area contributed by atoms with Crippen LogP contribution in [0.2, 0.25) is 0 Å². The van der Waals surface area contributed by atoms with E-state index in [-0.39, 0.29) is 0 Å². The minimum absolute atomic E-state index is 0.466. The van der Waals surface area contributed by atoms with Crippen LogP contribution in [0.3, 0.4) is 0 Å². The molecule has 1 N–H and O–H groups in total. The topological polar surface area (TPSA) is 29.5 Å². The van der Waals surface area contributed by atoms with Crippen molar-refractivity contribution in [2.45, 2.75) is 19.4 Å². The molecule has 1 unspecified atom stereocenters. The molecular formula is C14H15BrO2S. The predicted octanol–water partition coefficient (Wildman–Crippen LogP) is 4.10. The average molecular weight is 327 g/mol. The van der Waals surface area contributed by atoms with E-state index in [0.717, 1.165) is 20.7 Å². The molecule has 18 heavy (non-hydrogen) atoms. The van der Waals surface area contributed by atoms with Crippen molar-refractivity contribution in [3.05, 3.63) is 50.1 Å². The summed E-state index contributed by atoms with van der Waals surface area (Å²) >= 11 is 5.11. The normalized spacial score (nSPS) is 12.4. The number of thiophene rings is 1. The summed E-state index contributed by atoms with van der Waals surface area (Å²) in [4.78, 5) is 2.19. The molecule has 0 amide bonds. The van der Waals surface area contributed by atoms with Gasteiger partial charge in [-0.05, 0) is 46.6 Å². The number of aryl methyl sites for hydroxylation is 1. The van der Waals surface area contributed by atoms with Crippen LogP contribution in [0.1, 0.15) is 21.4 Å². The van der Waals surface area contributed by atoms with E-state index in [0.29, 0.717) is 6.42 Å². The molecule has 0 aliphatic rings. The van der Waals surface area contributed by atoms with E-state index in [9.17, 15) is 5.11 Å². The van der Waals surface area contributed by atoms with Crippen LogP contribution >= 0.6 is 27.3 Å². The third-order valence-corrected chi connectivity index (χ3v) is 4.80. The number of hydrogen-bond donors (Lipinski definition) is 1. The first-order valence-corrected chi connectivity index (χ1v) is 7.28. The Balaban J connectivity index is 2.10. The third-order valence-electron chi connectivity index (χ3n) is 2.73. The monoisotopic (exact) mass is 326 g/mol. The molecule has 0 spiro atoms. The second-order valence-corrected chi connectivity index (χ2v) is 6.28. The number of aliphatic hydroxyl groups is 1. The van der Waals surface area contributed by atoms with Crippen molar-refractivity contribution in [3.63, 3.8) is 0 Å². The molecule has 0 bridgehead atoms. The van der Waals surface area contributed by atoms with Gasteiger partial charge in [0.15, 0.2) is 0 Å². The van der Waals surface area contributed by atoms with Gasteiger partial charge in [-0.15, -0.1) is 11.3 Å². The minimum Gasteiger partial charge on any atom is -0.497 e. The number of hydrogen-bond acceptors (Lipinski definition) is 3. The fraction of sp³-hybridized carbons (Fsp3) is 0.286. The first-order chi connectivity index (χ1) is 8.60. The van der Waals surface area contributed by atoms with Crippen molar-refractivity contribution in [1.82, 2.24) is 0 Å². The Labute approximate surface area is 119 Å². The van der Waals surface area contributed by atoms with Crippen LogP contribution < -0.4 is 4.74 Å². The van der Waals surface area contributed by atoms with E-state index in [1.165, 1.54) is 4.88 Å². The van der Waals surface area contributed by atoms with Gasteiger partial charge in [0.1, 0.15) is 5.75 Å². The Morgan fingerprint density at radius 1 is 1.33 bits per heavy atom. The number of rotatable bonds is 4. The molecule has 0 aliphatic carbocycles. The predicted molar refractivity (Wildman–Crippen MR) is 78.4 cm³/mol. The highest BCUT2D eigenvalue weighted by atomic mass is 79.9. The van der Waals surface area contributed by atoms with Gasteiger partial charge in [-0.25, -0.2) is 0 Å². The number of halogens is 1. The lowest BCUT2D eigenvalue weighted by Gasteiger charge is -2.10. The van der Waals surface area contributed by atoms with Crippen molar-refractivity contribution >= 4 is 27.3 Å². The van der Waals surface area contributed by atoms with Gasteiger partial charge in [0.2, 0.25) is 0 Å². The number of methoxy groups -OCH3 is 1. The van der Waals surface area contributed by atoms with E-state index < -0.39 is 6.10 Å². The molecule has 0 fully saturated rings. The second kappa shape index (κ2) is 5.87. The van der Waals surface area contributed by atoms with Gasteiger partial charge in [0, 0.05) is 20.6 Å². The van der Waals surface area contributed by atoms with Crippen molar-refractivity contribution in [3.8, 4) is 5.75 Å². The maximum Gasteiger partial charge on any atom is 0.118 e. The summed E-state index contributed by atoms with van der Waals surface area (Å²) in [6.07, 6.45) is 0.147. The Kier molecular flexibility index (Phi) is 4.43. The molecule has 0 saturated carbocycles. The minimum atomic E-state index is -0.466. The van der Waals surface area contributed by atoms with Crippen molar-refractivity contribution in [2.75, 3.05) is 7.11 Å². The average Bonchev–Trinajstić information content (AvgIpc) is 2.69. The largest absolute Gasteiger partial charge is 0.497 e. The van der Waals surface area contributed by atoms with Crippen LogP contribution in [-0.2, 0) is 6.42 Å². The van der Waals surface area contributed by atoms with Gasteiger partial charge in [0.05, 0.1) is 13.2 Å². The zero-order valence-electron chi connectivity index (χ0n) is 10.3. The maximum atomic E-state index is 10.2. The number of benzene rings is 1. The first-order valence-electron chi connectivity index (χ1n) is 5.67. The van der Waals surface area contributed by atoms with Crippen LogP contribution in [0.4, 0.5) is 0 Å². The molecule has 0 saturated heterocycles. The molecule has 0 radical (unpaired) electrons. The second-order valence-electron chi connectivity index (χ2n) is 4.14. The quantitative estimate of drug-likeness (QED) is 0.916. The highest BCUT2D eigenvalue weighted by molar-refractivity contribution is 9.10. The fourth-order valence-electron chi connectivity index (χ4n) is 1.81. The summed E-state index contributed by atoms with van der Waals surface area (Å²) in [6, 6.07) is 9.83. The van der Waals surface area contributed by atoms with E-state index in [2.05, 4.69) is 15.9 Å². The molecule has 1 aromatic heterocycles. The Morgan fingerprint density at radius 2 is 2.00 bits per heavy atom. The molecule has 2 rings (SSSR count). The summed E-state index contributed by atoms with van der Waals surface area (Å²) in [5.74, 6) is 0.835. The Morgan fingerprint density at radius 3 is 2.50 bits per heavy atom. The summed E-state index contributed by atoms with van der Waals surface area (Å²) in [5.41, 5.74) is 1.10. The van der Waals surface area contributed by atoms with Crippen molar-refractivity contribution in [2.24, 2.45) is 0 Å². The molecule has 4 heteroatoms. The van der Waals surface area contributed by atoms with Crippen LogP contribution in [0.5, 0.6) is 5.75 Å². The van der Waals surface area contributed by atoms with E-state index in [1.54, 1.807) is 18.4 Å². The van der Waals surface area contributed by atoms with E-state index in [1.807, 2.05) is 37.3 Å². The smallest absolute Gasteiger partial charge is 0.118 e. The number of ether oxygens (including phenoxy) is 1. The molecule has 1 aromatic carbocycles. The highest BCUT2D eigenvalue weighted by Crippen LogP contribution is 2.33. The van der Waals surface area contributed by atoms with Crippen LogP contribution in [0.25, 0.3) is 0 Å². The summed E-state index contributed by atoms with van der Waals surface area (Å²) in [7, 11) is 1.65. The lowest BCUT2D eigenvalue weighted by Crippen LogP contribution is -2.00. The Bertz CT molecular complexity index is 519. The van der Waals surface area contributed by atoms with Gasteiger partial charge >= 0.3 is 0 Å². The van der Waals surface area contributed by atoms with Gasteiger partial charge in [-0.3, -0.25) is 0 Å². The molecule has 0 aliphatic heterocycles. The van der Waals surface area contributed by atoms with Gasteiger partial charge in [0.25, 0.3) is 0 Å². The highest BCUT2D eigenvalue weighted by Gasteiger charge is 2.15. The zero-order chi connectivity index (χ0) is 13.1. The zero-order valence-corrected chi connectivity index (χ0v) is 12.7. The van der Waals surface area contributed by atoms with Gasteiger partial charge in [-0.2, -0.15) is 0 Å². The molecule has 1 atom stereocenters. The SMILES string of the molecule is COc1ccc(CC(O)c2sc(C)cc2Br)cc1. The van der Waals surface area contributed by atoms with Crippen molar-refractivity contribution < 1.29 is 9.84 Å². The van der Waals surface area contributed by atoms with Crippen LogP contribution in [-0.4, -0.2) is 12.2 Å². The third kappa shape index (κ3) is 3.13. The molecule has 2 aromatic rings. The molecule has 96 valence electrons. The maximum absolute atomic E-state index is 10.2. The van der Waals surface area contributed by atoms with Crippen molar-refractivity contribution in [1.29, 1.82) is 0 Å². The molecule has 2 nitrogen and oxygen atoms in total. The van der Waals surface area contributed by atoms with Crippen LogP contribution in [0, 0.1) is 6.92 Å². The lowest BCUT2D eigenvalue weighted by molar-refractivity contribution is 0.181.